The van der Waals surface area contributed by atoms with Crippen LogP contribution in [0.5, 0.6) is 0 Å². The van der Waals surface area contributed by atoms with Gasteiger partial charge in [-0.25, -0.2) is 0 Å². The van der Waals surface area contributed by atoms with Crippen LogP contribution in [0, 0.1) is 6.92 Å². The third-order valence-electron chi connectivity index (χ3n) is 8.23. The van der Waals surface area contributed by atoms with E-state index in [1.54, 1.807) is 0 Å². The van der Waals surface area contributed by atoms with Crippen molar-refractivity contribution in [1.29, 1.82) is 0 Å². The maximum Gasteiger partial charge on any atom is 0.218 e. The average Bonchev–Trinajstić information content (AvgIpc) is 3.08. The van der Waals surface area contributed by atoms with Crippen LogP contribution in [0.25, 0.3) is 11.1 Å². The van der Waals surface area contributed by atoms with E-state index in [0.717, 1.165) is 40.7 Å². The molecule has 0 atom stereocenters. The molecule has 3 nitrogen and oxygen atoms in total. The molecule has 6 aromatic rings. The Balaban J connectivity index is 1.29. The monoisotopic (exact) mass is 604 g/mol. The van der Waals surface area contributed by atoms with Crippen LogP contribution < -0.4 is 15.0 Å². The first kappa shape index (κ1) is 30.1. The molecule has 0 fully saturated rings. The minimum Gasteiger partial charge on any atom is -0.413 e. The second-order valence-corrected chi connectivity index (χ2v) is 15.6. The molecular formula is C41H40N2OSi. The fourth-order valence-corrected chi connectivity index (χ4v) is 7.66. The van der Waals surface area contributed by atoms with E-state index >= 15 is 0 Å². The van der Waals surface area contributed by atoms with Crippen molar-refractivity contribution >= 4 is 47.6 Å². The smallest absolute Gasteiger partial charge is 0.218 e. The van der Waals surface area contributed by atoms with Gasteiger partial charge in [-0.2, -0.15) is 0 Å². The third-order valence-corrected chi connectivity index (χ3v) is 11.0. The molecule has 0 saturated heterocycles. The second kappa shape index (κ2) is 13.4. The summed E-state index contributed by atoms with van der Waals surface area (Å²) in [7, 11) is -1.91. The van der Waals surface area contributed by atoms with Gasteiger partial charge in [0.15, 0.2) is 0 Å². The van der Waals surface area contributed by atoms with Gasteiger partial charge in [0.2, 0.25) is 8.32 Å². The molecule has 0 saturated carbocycles. The average molecular weight is 605 g/mol. The maximum absolute atomic E-state index is 6.13. The van der Waals surface area contributed by atoms with Gasteiger partial charge >= 0.3 is 0 Å². The van der Waals surface area contributed by atoms with E-state index in [-0.39, 0.29) is 0 Å². The summed E-state index contributed by atoms with van der Waals surface area (Å²) in [5, 5.41) is 1.30. The Morgan fingerprint density at radius 3 is 1.16 bits per heavy atom. The van der Waals surface area contributed by atoms with Crippen LogP contribution in [0.4, 0.5) is 34.1 Å². The van der Waals surface area contributed by atoms with Crippen molar-refractivity contribution in [1.82, 2.24) is 0 Å². The molecule has 0 radical (unpaired) electrons. The maximum atomic E-state index is 6.13. The van der Waals surface area contributed by atoms with E-state index in [1.807, 2.05) is 0 Å². The minimum absolute atomic E-state index is 0.740. The molecule has 45 heavy (non-hydrogen) atoms. The Morgan fingerprint density at radius 1 is 0.444 bits per heavy atom. The van der Waals surface area contributed by atoms with Crippen molar-refractivity contribution in [3.8, 4) is 11.1 Å². The normalized spacial score (nSPS) is 11.3. The van der Waals surface area contributed by atoms with Crippen molar-refractivity contribution in [3.05, 3.63) is 163 Å². The number of para-hydroxylation sites is 2. The summed E-state index contributed by atoms with van der Waals surface area (Å²) in [4.78, 5) is 4.61. The molecule has 0 amide bonds. The van der Waals surface area contributed by atoms with Gasteiger partial charge in [-0.3, -0.25) is 0 Å². The lowest BCUT2D eigenvalue weighted by molar-refractivity contribution is 0.339. The predicted molar refractivity (Wildman–Crippen MR) is 195 cm³/mol. The first-order chi connectivity index (χ1) is 21.9. The number of benzene rings is 6. The molecule has 0 aromatic heterocycles. The van der Waals surface area contributed by atoms with Crippen molar-refractivity contribution in [2.24, 2.45) is 0 Å². The molecule has 0 spiro atoms. The van der Waals surface area contributed by atoms with Crippen LogP contribution in [-0.4, -0.2) is 14.9 Å². The Kier molecular flexibility index (Phi) is 8.97. The first-order valence-electron chi connectivity index (χ1n) is 15.6. The summed E-state index contributed by atoms with van der Waals surface area (Å²) in [6.07, 6.45) is 0. The van der Waals surface area contributed by atoms with Crippen LogP contribution in [0.3, 0.4) is 0 Å². The Bertz CT molecular complexity index is 1800. The van der Waals surface area contributed by atoms with Crippen molar-refractivity contribution < 1.29 is 4.43 Å². The molecule has 224 valence electrons. The van der Waals surface area contributed by atoms with Gasteiger partial charge in [-0.1, -0.05) is 90.5 Å². The lowest BCUT2D eigenvalue weighted by Crippen LogP contribution is -2.44. The predicted octanol–water partition coefficient (Wildman–Crippen LogP) is 11.1. The zero-order valence-electron chi connectivity index (χ0n) is 26.5. The lowest BCUT2D eigenvalue weighted by Gasteiger charge is -2.27. The van der Waals surface area contributed by atoms with E-state index in [1.165, 1.54) is 21.9 Å². The van der Waals surface area contributed by atoms with Crippen molar-refractivity contribution in [3.63, 3.8) is 0 Å². The van der Waals surface area contributed by atoms with Crippen LogP contribution in [0.1, 0.15) is 12.5 Å². The van der Waals surface area contributed by atoms with Gasteiger partial charge < -0.3 is 14.2 Å². The van der Waals surface area contributed by atoms with Crippen LogP contribution in [0.15, 0.2) is 158 Å². The zero-order chi connectivity index (χ0) is 31.2. The van der Waals surface area contributed by atoms with Gasteiger partial charge in [0.25, 0.3) is 0 Å². The highest BCUT2D eigenvalue weighted by atomic mass is 28.4. The molecule has 6 aromatic carbocycles. The zero-order valence-corrected chi connectivity index (χ0v) is 27.5. The topological polar surface area (TPSA) is 15.7 Å². The highest BCUT2D eigenvalue weighted by Crippen LogP contribution is 2.37. The molecule has 0 bridgehead atoms. The SMILES string of the molecule is CCO[Si](C)(C)c1ccc(N(c2ccccc2)c2ccc(-c3ccc(N(c4ccccc4)c4ccc(C)cc4)cc3)cc2)cc1. The standard InChI is InChI=1S/C41H40N2OSi/c1-5-44-45(3,4)41-30-28-40(29-31-41)43(36-14-10-7-11-15-36)39-26-20-34(21-27-39)33-18-24-38(25-19-33)42(35-12-8-6-9-13-35)37-22-16-32(2)17-23-37/h6-31H,5H2,1-4H3. The summed E-state index contributed by atoms with van der Waals surface area (Å²) in [6, 6.07) is 56.4. The fraction of sp³-hybridized carbons (Fsp3) is 0.122. The highest BCUT2D eigenvalue weighted by molar-refractivity contribution is 6.84. The first-order valence-corrected chi connectivity index (χ1v) is 18.6. The van der Waals surface area contributed by atoms with E-state index in [0.29, 0.717) is 0 Å². The second-order valence-electron chi connectivity index (χ2n) is 11.8. The minimum atomic E-state index is -1.91. The Labute approximate surface area is 269 Å². The van der Waals surface area contributed by atoms with Crippen LogP contribution in [-0.2, 0) is 4.43 Å². The van der Waals surface area contributed by atoms with Crippen molar-refractivity contribution in [2.75, 3.05) is 16.4 Å². The Morgan fingerprint density at radius 2 is 0.778 bits per heavy atom. The van der Waals surface area contributed by atoms with Gasteiger partial charge in [0.1, 0.15) is 0 Å². The highest BCUT2D eigenvalue weighted by Gasteiger charge is 2.25. The van der Waals surface area contributed by atoms with E-state index in [4.69, 9.17) is 4.43 Å². The number of nitrogens with zero attached hydrogens (tertiary/aromatic N) is 2. The number of anilines is 6. The molecule has 0 aliphatic carbocycles. The van der Waals surface area contributed by atoms with Crippen molar-refractivity contribution in [2.45, 2.75) is 26.9 Å². The molecule has 0 aliphatic rings. The van der Waals surface area contributed by atoms with Crippen LogP contribution >= 0.6 is 0 Å². The summed E-state index contributed by atoms with van der Waals surface area (Å²) in [6.45, 7) is 9.45. The molecule has 0 unspecified atom stereocenters. The van der Waals surface area contributed by atoms with E-state index in [9.17, 15) is 0 Å². The molecule has 0 N–H and O–H groups in total. The summed E-state index contributed by atoms with van der Waals surface area (Å²) in [5.74, 6) is 0. The molecular weight excluding hydrogens is 565 g/mol. The summed E-state index contributed by atoms with van der Waals surface area (Å²) >= 11 is 0. The number of hydrogen-bond donors (Lipinski definition) is 0. The number of hydrogen-bond acceptors (Lipinski definition) is 3. The third kappa shape index (κ3) is 6.78. The van der Waals surface area contributed by atoms with Crippen LogP contribution in [0.2, 0.25) is 13.1 Å². The summed E-state index contributed by atoms with van der Waals surface area (Å²) in [5.41, 5.74) is 10.4. The molecule has 0 heterocycles. The molecule has 0 aliphatic heterocycles. The molecule has 6 rings (SSSR count). The number of rotatable bonds is 10. The van der Waals surface area contributed by atoms with Gasteiger partial charge in [-0.05, 0) is 116 Å². The van der Waals surface area contributed by atoms with E-state index in [2.05, 4.69) is 194 Å². The molecule has 4 heteroatoms. The quantitative estimate of drug-likeness (QED) is 0.145. The largest absolute Gasteiger partial charge is 0.413 e. The fourth-order valence-electron chi connectivity index (χ4n) is 5.80. The lowest BCUT2D eigenvalue weighted by atomic mass is 10.0. The number of aryl methyl sites for hydroxylation is 1. The van der Waals surface area contributed by atoms with E-state index < -0.39 is 8.32 Å². The van der Waals surface area contributed by atoms with Gasteiger partial charge in [0, 0.05) is 40.7 Å². The van der Waals surface area contributed by atoms with Gasteiger partial charge in [-0.15, -0.1) is 0 Å². The Hall–Kier alpha value is -4.90. The summed E-state index contributed by atoms with van der Waals surface area (Å²) < 4.78 is 6.13. The van der Waals surface area contributed by atoms with Gasteiger partial charge in [0.05, 0.1) is 0 Å².